The van der Waals surface area contributed by atoms with Crippen LogP contribution in [0.25, 0.3) is 11.1 Å². The Bertz CT molecular complexity index is 590. The van der Waals surface area contributed by atoms with Crippen molar-refractivity contribution in [2.45, 2.75) is 4.90 Å². The van der Waals surface area contributed by atoms with Crippen molar-refractivity contribution in [2.24, 2.45) is 7.05 Å². The first kappa shape index (κ1) is 11.7. The van der Waals surface area contributed by atoms with Gasteiger partial charge >= 0.3 is 0 Å². The maximum Gasteiger partial charge on any atom is 0.278 e. The second-order valence-corrected chi connectivity index (χ2v) is 4.44. The van der Waals surface area contributed by atoms with Gasteiger partial charge in [-0.3, -0.25) is 4.79 Å². The van der Waals surface area contributed by atoms with Gasteiger partial charge in [-0.05, 0) is 24.0 Å². The summed E-state index contributed by atoms with van der Waals surface area (Å²) in [6.07, 6.45) is 3.26. The highest BCUT2D eigenvalue weighted by atomic mass is 32.2. The Morgan fingerprint density at radius 2 is 1.94 bits per heavy atom. The zero-order valence-electron chi connectivity index (χ0n) is 9.54. The molecule has 1 aromatic heterocycles. The van der Waals surface area contributed by atoms with E-state index in [9.17, 15) is 9.90 Å². The van der Waals surface area contributed by atoms with Gasteiger partial charge in [0, 0.05) is 11.9 Å². The summed E-state index contributed by atoms with van der Waals surface area (Å²) in [6, 6.07) is 7.48. The van der Waals surface area contributed by atoms with Crippen molar-refractivity contribution in [2.75, 3.05) is 6.26 Å². The van der Waals surface area contributed by atoms with Gasteiger partial charge in [-0.1, -0.05) is 12.1 Å². The molecule has 0 fully saturated rings. The van der Waals surface area contributed by atoms with Crippen molar-refractivity contribution in [3.8, 4) is 16.9 Å². The molecule has 1 heterocycles. The van der Waals surface area contributed by atoms with Crippen molar-refractivity contribution in [1.82, 2.24) is 9.78 Å². The van der Waals surface area contributed by atoms with E-state index in [1.54, 1.807) is 18.8 Å². The second kappa shape index (κ2) is 4.63. The van der Waals surface area contributed by atoms with Gasteiger partial charge in [0.15, 0.2) is 0 Å². The topological polar surface area (TPSA) is 55.1 Å². The van der Waals surface area contributed by atoms with E-state index >= 15 is 0 Å². The minimum absolute atomic E-state index is 0.0926. The fourth-order valence-electron chi connectivity index (χ4n) is 1.56. The fraction of sp³-hybridized carbons (Fsp3) is 0.167. The van der Waals surface area contributed by atoms with Gasteiger partial charge in [-0.25, -0.2) is 4.68 Å². The third-order valence-electron chi connectivity index (χ3n) is 2.50. The van der Waals surface area contributed by atoms with E-state index < -0.39 is 0 Å². The molecule has 17 heavy (non-hydrogen) atoms. The first-order valence-corrected chi connectivity index (χ1v) is 6.25. The summed E-state index contributed by atoms with van der Waals surface area (Å²) in [5.74, 6) is -0.0926. The fourth-order valence-corrected chi connectivity index (χ4v) is 1.97. The predicted octanol–water partition coefficient (Wildman–Crippen LogP) is 1.87. The van der Waals surface area contributed by atoms with E-state index in [0.717, 1.165) is 4.90 Å². The molecule has 0 spiro atoms. The molecule has 0 aliphatic heterocycles. The molecule has 0 saturated heterocycles. The number of thioether (sulfide) groups is 1. The minimum Gasteiger partial charge on any atom is -0.505 e. The smallest absolute Gasteiger partial charge is 0.278 e. The molecule has 2 aromatic rings. The number of rotatable bonds is 2. The summed E-state index contributed by atoms with van der Waals surface area (Å²) in [4.78, 5) is 13.0. The molecule has 2 rings (SSSR count). The molecule has 4 nitrogen and oxygen atoms in total. The van der Waals surface area contributed by atoms with Crippen molar-refractivity contribution in [3.05, 3.63) is 40.8 Å². The van der Waals surface area contributed by atoms with Crippen LogP contribution in [0.3, 0.4) is 0 Å². The first-order valence-electron chi connectivity index (χ1n) is 5.03. The van der Waals surface area contributed by atoms with E-state index in [-0.39, 0.29) is 16.9 Å². The van der Waals surface area contributed by atoms with Gasteiger partial charge in [-0.15, -0.1) is 11.8 Å². The number of nitrogens with zero attached hydrogens (tertiary/aromatic N) is 2. The minimum atomic E-state index is -0.304. The quantitative estimate of drug-likeness (QED) is 0.824. The third kappa shape index (κ3) is 2.19. The van der Waals surface area contributed by atoms with Crippen molar-refractivity contribution < 1.29 is 5.11 Å². The molecule has 1 N–H and O–H groups in total. The summed E-state index contributed by atoms with van der Waals surface area (Å²) < 4.78 is 1.21. The molecule has 1 aromatic carbocycles. The Hall–Kier alpha value is -1.75. The van der Waals surface area contributed by atoms with Crippen LogP contribution in [0, 0.1) is 0 Å². The Kier molecular flexibility index (Phi) is 3.19. The van der Waals surface area contributed by atoms with E-state index in [1.807, 2.05) is 30.5 Å². The van der Waals surface area contributed by atoms with Gasteiger partial charge < -0.3 is 5.11 Å². The van der Waals surface area contributed by atoms with E-state index in [0.29, 0.717) is 5.56 Å². The Balaban J connectivity index is 2.60. The number of hydrogen-bond acceptors (Lipinski definition) is 4. The average Bonchev–Trinajstić information content (AvgIpc) is 2.35. The molecule has 0 saturated carbocycles. The third-order valence-corrected chi connectivity index (χ3v) is 3.24. The molecule has 0 amide bonds. The van der Waals surface area contributed by atoms with Crippen LogP contribution in [0.4, 0.5) is 0 Å². The highest BCUT2D eigenvalue weighted by molar-refractivity contribution is 7.98. The summed E-state index contributed by atoms with van der Waals surface area (Å²) in [6.45, 7) is 0. The summed E-state index contributed by atoms with van der Waals surface area (Å²) in [5, 5.41) is 13.5. The molecule has 0 unspecified atom stereocenters. The van der Waals surface area contributed by atoms with Crippen LogP contribution in [0.2, 0.25) is 0 Å². The van der Waals surface area contributed by atoms with Crippen LogP contribution in [-0.2, 0) is 7.05 Å². The summed E-state index contributed by atoms with van der Waals surface area (Å²) in [7, 11) is 1.56. The molecule has 0 aliphatic carbocycles. The highest BCUT2D eigenvalue weighted by Crippen LogP contribution is 2.26. The van der Waals surface area contributed by atoms with Gasteiger partial charge in [0.05, 0.1) is 11.8 Å². The zero-order chi connectivity index (χ0) is 12.4. The van der Waals surface area contributed by atoms with Crippen LogP contribution >= 0.6 is 11.8 Å². The standard InChI is InChI=1S/C12H12N2O2S/c1-14-12(16)11(10(15)7-13-14)8-3-5-9(17-2)6-4-8/h3-7,15H,1-2H3. The van der Waals surface area contributed by atoms with Crippen LogP contribution in [0.15, 0.2) is 40.2 Å². The average molecular weight is 248 g/mol. The van der Waals surface area contributed by atoms with Gasteiger partial charge in [0.1, 0.15) is 5.75 Å². The summed E-state index contributed by atoms with van der Waals surface area (Å²) >= 11 is 1.63. The predicted molar refractivity (Wildman–Crippen MR) is 68.4 cm³/mol. The number of aryl methyl sites for hydroxylation is 1. The molecule has 0 aliphatic rings. The number of benzene rings is 1. The molecular formula is C12H12N2O2S. The second-order valence-electron chi connectivity index (χ2n) is 3.56. The lowest BCUT2D eigenvalue weighted by Gasteiger charge is -2.06. The van der Waals surface area contributed by atoms with E-state index in [1.165, 1.54) is 10.9 Å². The van der Waals surface area contributed by atoms with E-state index in [4.69, 9.17) is 0 Å². The van der Waals surface area contributed by atoms with E-state index in [2.05, 4.69) is 5.10 Å². The Labute approximate surface area is 103 Å². The monoisotopic (exact) mass is 248 g/mol. The molecule has 0 atom stereocenters. The molecule has 0 bridgehead atoms. The lowest BCUT2D eigenvalue weighted by atomic mass is 10.1. The molecule has 88 valence electrons. The highest BCUT2D eigenvalue weighted by Gasteiger charge is 2.11. The van der Waals surface area contributed by atoms with Crippen molar-refractivity contribution in [1.29, 1.82) is 0 Å². The number of hydrogen-bond donors (Lipinski definition) is 1. The lowest BCUT2D eigenvalue weighted by Crippen LogP contribution is -2.20. The van der Waals surface area contributed by atoms with Gasteiger partial charge in [0.2, 0.25) is 0 Å². The largest absolute Gasteiger partial charge is 0.505 e. The molecule has 5 heteroatoms. The lowest BCUT2D eigenvalue weighted by molar-refractivity contribution is 0.467. The molecule has 0 radical (unpaired) electrons. The normalized spacial score (nSPS) is 10.5. The van der Waals surface area contributed by atoms with Gasteiger partial charge in [0.25, 0.3) is 5.56 Å². The van der Waals surface area contributed by atoms with Crippen LogP contribution in [0.5, 0.6) is 5.75 Å². The maximum atomic E-state index is 11.9. The van der Waals surface area contributed by atoms with Crippen molar-refractivity contribution >= 4 is 11.8 Å². The molecular weight excluding hydrogens is 236 g/mol. The van der Waals surface area contributed by atoms with Crippen LogP contribution < -0.4 is 5.56 Å². The van der Waals surface area contributed by atoms with Gasteiger partial charge in [-0.2, -0.15) is 5.10 Å². The SMILES string of the molecule is CSc1ccc(-c2c(O)cnn(C)c2=O)cc1. The zero-order valence-corrected chi connectivity index (χ0v) is 10.4. The maximum absolute atomic E-state index is 11.9. The number of aromatic nitrogens is 2. The Morgan fingerprint density at radius 3 is 2.53 bits per heavy atom. The Morgan fingerprint density at radius 1 is 1.29 bits per heavy atom. The number of aromatic hydroxyl groups is 1. The summed E-state index contributed by atoms with van der Waals surface area (Å²) in [5.41, 5.74) is 0.681. The van der Waals surface area contributed by atoms with Crippen molar-refractivity contribution in [3.63, 3.8) is 0 Å². The van der Waals surface area contributed by atoms with Crippen LogP contribution in [-0.4, -0.2) is 21.1 Å². The first-order chi connectivity index (χ1) is 8.13. The van der Waals surface area contributed by atoms with Crippen LogP contribution in [0.1, 0.15) is 0 Å².